The van der Waals surface area contributed by atoms with E-state index in [2.05, 4.69) is 0 Å². The summed E-state index contributed by atoms with van der Waals surface area (Å²) in [6.45, 7) is -0.535. The molecule has 0 unspecified atom stereocenters. The molecule has 1 aliphatic rings. The van der Waals surface area contributed by atoms with Gasteiger partial charge in [0.1, 0.15) is 30.2 Å². The van der Waals surface area contributed by atoms with Crippen LogP contribution in [-0.2, 0) is 4.74 Å². The van der Waals surface area contributed by atoms with E-state index in [1.165, 1.54) is 0 Å². The number of ether oxygens (including phenoxy) is 2. The first kappa shape index (κ1) is 19.4. The zero-order chi connectivity index (χ0) is 18.8. The highest BCUT2D eigenvalue weighted by molar-refractivity contribution is 6.32. The molecule has 0 aliphatic carbocycles. The minimum atomic E-state index is -1.52. The second-order valence-corrected chi connectivity index (χ2v) is 6.81. The number of benzene rings is 2. The van der Waals surface area contributed by atoms with Crippen LogP contribution in [0.5, 0.6) is 5.75 Å². The van der Waals surface area contributed by atoms with Crippen LogP contribution in [0, 0.1) is 0 Å². The summed E-state index contributed by atoms with van der Waals surface area (Å²) in [7, 11) is 0. The summed E-state index contributed by atoms with van der Waals surface area (Å²) in [6, 6.07) is 12.3. The Kier molecular flexibility index (Phi) is 6.04. The second kappa shape index (κ2) is 8.10. The third kappa shape index (κ3) is 3.97. The van der Waals surface area contributed by atoms with Crippen molar-refractivity contribution in [3.63, 3.8) is 0 Å². The maximum Gasteiger partial charge on any atom is 0.229 e. The lowest BCUT2D eigenvalue weighted by Gasteiger charge is -2.39. The van der Waals surface area contributed by atoms with E-state index < -0.39 is 37.3 Å². The SMILES string of the molecule is OC[C@H]1O[C@H](Oc2ccc(-c3cccc(Cl)c3)cc2Cl)[C@@H](O)[C@@H](O)[C@@H]1O. The van der Waals surface area contributed by atoms with Crippen molar-refractivity contribution in [1.82, 2.24) is 0 Å². The fourth-order valence-electron chi connectivity index (χ4n) is 2.73. The van der Waals surface area contributed by atoms with Crippen molar-refractivity contribution in [1.29, 1.82) is 0 Å². The molecule has 6 nitrogen and oxygen atoms in total. The fourth-order valence-corrected chi connectivity index (χ4v) is 3.15. The molecule has 0 spiro atoms. The quantitative estimate of drug-likeness (QED) is 0.624. The van der Waals surface area contributed by atoms with Gasteiger partial charge in [-0.15, -0.1) is 0 Å². The molecule has 26 heavy (non-hydrogen) atoms. The van der Waals surface area contributed by atoms with Gasteiger partial charge in [-0.05, 0) is 35.4 Å². The first-order valence-corrected chi connectivity index (χ1v) is 8.69. The van der Waals surface area contributed by atoms with Crippen molar-refractivity contribution in [2.24, 2.45) is 0 Å². The van der Waals surface area contributed by atoms with Crippen LogP contribution in [-0.4, -0.2) is 57.7 Å². The molecule has 0 aromatic heterocycles. The van der Waals surface area contributed by atoms with Crippen molar-refractivity contribution < 1.29 is 29.9 Å². The van der Waals surface area contributed by atoms with Crippen LogP contribution in [0.4, 0.5) is 0 Å². The standard InChI is InChI=1S/C18H18Cl2O6/c19-11-3-1-2-9(6-11)10-4-5-13(12(20)7-10)25-18-17(24)16(23)15(22)14(8-21)26-18/h1-7,14-18,21-24H,8H2/t14-,15-,16+,17+,18+/m1/s1. The first-order chi connectivity index (χ1) is 12.4. The third-order valence-corrected chi connectivity index (χ3v) is 4.71. The molecule has 0 bridgehead atoms. The second-order valence-electron chi connectivity index (χ2n) is 5.97. The molecule has 1 heterocycles. The van der Waals surface area contributed by atoms with Gasteiger partial charge >= 0.3 is 0 Å². The number of hydrogen-bond donors (Lipinski definition) is 4. The molecule has 4 N–H and O–H groups in total. The van der Waals surface area contributed by atoms with E-state index in [1.54, 1.807) is 30.3 Å². The van der Waals surface area contributed by atoms with E-state index in [-0.39, 0.29) is 10.8 Å². The van der Waals surface area contributed by atoms with E-state index in [0.29, 0.717) is 5.02 Å². The zero-order valence-electron chi connectivity index (χ0n) is 13.5. The molecule has 140 valence electrons. The Morgan fingerprint density at radius 3 is 2.31 bits per heavy atom. The molecule has 1 aliphatic heterocycles. The van der Waals surface area contributed by atoms with Gasteiger partial charge in [0.25, 0.3) is 0 Å². The zero-order valence-corrected chi connectivity index (χ0v) is 15.0. The summed E-state index contributed by atoms with van der Waals surface area (Å²) in [4.78, 5) is 0. The van der Waals surface area contributed by atoms with Crippen molar-refractivity contribution >= 4 is 23.2 Å². The number of rotatable bonds is 4. The molecular weight excluding hydrogens is 383 g/mol. The molecule has 3 rings (SSSR count). The molecule has 1 fully saturated rings. The molecule has 5 atom stereocenters. The normalized spacial score (nSPS) is 28.8. The molecular formula is C18H18Cl2O6. The Bertz CT molecular complexity index is 769. The maximum atomic E-state index is 10.0. The lowest BCUT2D eigenvalue weighted by molar-refractivity contribution is -0.277. The highest BCUT2D eigenvalue weighted by Gasteiger charge is 2.44. The van der Waals surface area contributed by atoms with Gasteiger partial charge in [-0.1, -0.05) is 41.4 Å². The smallest absolute Gasteiger partial charge is 0.229 e. The van der Waals surface area contributed by atoms with E-state index >= 15 is 0 Å². The summed E-state index contributed by atoms with van der Waals surface area (Å²) in [5.41, 5.74) is 1.69. The van der Waals surface area contributed by atoms with Gasteiger partial charge in [-0.2, -0.15) is 0 Å². The van der Waals surface area contributed by atoms with Gasteiger partial charge in [0.2, 0.25) is 6.29 Å². The molecule has 1 saturated heterocycles. The molecule has 8 heteroatoms. The molecule has 0 saturated carbocycles. The Labute approximate surface area is 160 Å². The molecule has 2 aromatic rings. The van der Waals surface area contributed by atoms with Gasteiger partial charge < -0.3 is 29.9 Å². The van der Waals surface area contributed by atoms with Crippen LogP contribution in [0.25, 0.3) is 11.1 Å². The summed E-state index contributed by atoms with van der Waals surface area (Å²) in [6.07, 6.45) is -6.81. The van der Waals surface area contributed by atoms with Gasteiger partial charge in [0.05, 0.1) is 11.6 Å². The van der Waals surface area contributed by atoms with Crippen LogP contribution < -0.4 is 4.74 Å². The predicted molar refractivity (Wildman–Crippen MR) is 96.3 cm³/mol. The third-order valence-electron chi connectivity index (χ3n) is 4.18. The Morgan fingerprint density at radius 1 is 0.923 bits per heavy atom. The number of aliphatic hydroxyl groups excluding tert-OH is 4. The van der Waals surface area contributed by atoms with E-state index in [0.717, 1.165) is 11.1 Å². The summed E-state index contributed by atoms with van der Waals surface area (Å²) >= 11 is 12.3. The van der Waals surface area contributed by atoms with Crippen LogP contribution >= 0.6 is 23.2 Å². The lowest BCUT2D eigenvalue weighted by atomic mass is 9.99. The topological polar surface area (TPSA) is 99.4 Å². The van der Waals surface area contributed by atoms with Crippen LogP contribution in [0.15, 0.2) is 42.5 Å². The van der Waals surface area contributed by atoms with Crippen molar-refractivity contribution in [3.05, 3.63) is 52.5 Å². The molecule has 2 aromatic carbocycles. The Hall–Kier alpha value is -1.38. The fraction of sp³-hybridized carbons (Fsp3) is 0.333. The van der Waals surface area contributed by atoms with E-state index in [4.69, 9.17) is 32.7 Å². The monoisotopic (exact) mass is 400 g/mol. The first-order valence-electron chi connectivity index (χ1n) is 7.93. The Balaban J connectivity index is 1.80. The lowest BCUT2D eigenvalue weighted by Crippen LogP contribution is -2.60. The van der Waals surface area contributed by atoms with Crippen LogP contribution in [0.1, 0.15) is 0 Å². The van der Waals surface area contributed by atoms with E-state index in [1.807, 2.05) is 12.1 Å². The summed E-state index contributed by atoms with van der Waals surface area (Å²) in [5, 5.41) is 39.7. The van der Waals surface area contributed by atoms with Crippen LogP contribution in [0.3, 0.4) is 0 Å². The highest BCUT2D eigenvalue weighted by atomic mass is 35.5. The minimum Gasteiger partial charge on any atom is -0.460 e. The number of hydrogen-bond acceptors (Lipinski definition) is 6. The minimum absolute atomic E-state index is 0.224. The average molecular weight is 401 g/mol. The van der Waals surface area contributed by atoms with Crippen molar-refractivity contribution in [2.45, 2.75) is 30.7 Å². The van der Waals surface area contributed by atoms with Crippen LogP contribution in [0.2, 0.25) is 10.0 Å². The largest absolute Gasteiger partial charge is 0.460 e. The van der Waals surface area contributed by atoms with E-state index in [9.17, 15) is 20.4 Å². The summed E-state index contributed by atoms with van der Waals surface area (Å²) in [5.74, 6) is 0.224. The van der Waals surface area contributed by atoms with Crippen molar-refractivity contribution in [3.8, 4) is 16.9 Å². The van der Waals surface area contributed by atoms with Gasteiger partial charge in [-0.3, -0.25) is 0 Å². The predicted octanol–water partition coefficient (Wildman–Crippen LogP) is 1.84. The van der Waals surface area contributed by atoms with Gasteiger partial charge in [0.15, 0.2) is 0 Å². The molecule has 0 radical (unpaired) electrons. The van der Waals surface area contributed by atoms with Gasteiger partial charge in [0, 0.05) is 5.02 Å². The summed E-state index contributed by atoms with van der Waals surface area (Å²) < 4.78 is 10.9. The number of aliphatic hydroxyl groups is 4. The average Bonchev–Trinajstić information content (AvgIpc) is 2.63. The molecule has 0 amide bonds. The van der Waals surface area contributed by atoms with Crippen molar-refractivity contribution in [2.75, 3.05) is 6.61 Å². The Morgan fingerprint density at radius 2 is 1.65 bits per heavy atom. The van der Waals surface area contributed by atoms with Gasteiger partial charge in [-0.25, -0.2) is 0 Å². The highest BCUT2D eigenvalue weighted by Crippen LogP contribution is 2.33. The maximum absolute atomic E-state index is 10.0. The number of halogens is 2.